The smallest absolute Gasteiger partial charge is 0.328 e. The summed E-state index contributed by atoms with van der Waals surface area (Å²) >= 11 is 1.22. The number of hydrogen-bond acceptors (Lipinski definition) is 7. The maximum atomic E-state index is 12.7. The van der Waals surface area contributed by atoms with E-state index in [1.165, 1.54) is 11.5 Å². The lowest BCUT2D eigenvalue weighted by Crippen LogP contribution is -2.41. The molecule has 0 bridgehead atoms. The third-order valence-corrected chi connectivity index (χ3v) is 5.63. The number of carbonyl (C=O) groups is 1. The number of ether oxygens (including phenoxy) is 1. The molecular weight excluding hydrogens is 376 g/mol. The molecule has 0 aliphatic carbocycles. The van der Waals surface area contributed by atoms with Crippen molar-refractivity contribution in [2.24, 2.45) is 0 Å². The molecule has 0 saturated carbocycles. The fraction of sp³-hybridized carbons (Fsp3) is 0.263. The molecule has 0 spiro atoms. The van der Waals surface area contributed by atoms with Crippen molar-refractivity contribution in [3.63, 3.8) is 0 Å². The van der Waals surface area contributed by atoms with Gasteiger partial charge >= 0.3 is 6.03 Å². The third kappa shape index (κ3) is 3.08. The molecular formula is C19H18N6O2S. The van der Waals surface area contributed by atoms with Crippen molar-refractivity contribution in [1.82, 2.24) is 14.3 Å². The number of morpholine rings is 1. The summed E-state index contributed by atoms with van der Waals surface area (Å²) in [5.41, 5.74) is 3.95. The molecule has 3 aromatic rings. The Morgan fingerprint density at radius 1 is 1.11 bits per heavy atom. The van der Waals surface area contributed by atoms with Gasteiger partial charge in [0.25, 0.3) is 0 Å². The van der Waals surface area contributed by atoms with E-state index in [0.717, 1.165) is 35.6 Å². The summed E-state index contributed by atoms with van der Waals surface area (Å²) in [4.78, 5) is 25.3. The van der Waals surface area contributed by atoms with Crippen LogP contribution in [-0.2, 0) is 11.3 Å². The number of pyridine rings is 1. The van der Waals surface area contributed by atoms with E-state index in [1.54, 1.807) is 17.3 Å². The zero-order valence-electron chi connectivity index (χ0n) is 15.0. The molecule has 2 aliphatic rings. The molecule has 142 valence electrons. The molecule has 1 fully saturated rings. The van der Waals surface area contributed by atoms with Crippen LogP contribution >= 0.6 is 11.5 Å². The van der Waals surface area contributed by atoms with E-state index in [2.05, 4.69) is 30.6 Å². The molecule has 4 heterocycles. The maximum absolute atomic E-state index is 12.7. The monoisotopic (exact) mass is 394 g/mol. The number of rotatable bonds is 3. The maximum Gasteiger partial charge on any atom is 0.328 e. The first-order valence-corrected chi connectivity index (χ1v) is 9.84. The highest BCUT2D eigenvalue weighted by atomic mass is 32.1. The molecule has 8 nitrogen and oxygen atoms in total. The van der Waals surface area contributed by atoms with E-state index in [1.807, 2.05) is 24.3 Å². The second-order valence-electron chi connectivity index (χ2n) is 6.56. The minimum atomic E-state index is -0.191. The Hall–Kier alpha value is -3.04. The Kier molecular flexibility index (Phi) is 4.38. The van der Waals surface area contributed by atoms with Gasteiger partial charge in [0.15, 0.2) is 5.82 Å². The highest BCUT2D eigenvalue weighted by Crippen LogP contribution is 2.35. The van der Waals surface area contributed by atoms with Crippen molar-refractivity contribution < 1.29 is 9.53 Å². The number of nitrogens with zero attached hydrogens (tertiary/aromatic N) is 5. The SMILES string of the molecule is O=C1Nc2cccc(N3CCOCC3)c2CN1c1nc(-c2ccncc2)ns1. The van der Waals surface area contributed by atoms with Crippen molar-refractivity contribution in [3.05, 3.63) is 48.3 Å². The zero-order chi connectivity index (χ0) is 18.9. The zero-order valence-corrected chi connectivity index (χ0v) is 15.9. The predicted octanol–water partition coefficient (Wildman–Crippen LogP) is 2.99. The number of urea groups is 1. The molecule has 0 radical (unpaired) electrons. The van der Waals surface area contributed by atoms with Crippen molar-refractivity contribution in [2.45, 2.75) is 6.54 Å². The summed E-state index contributed by atoms with van der Waals surface area (Å²) in [6.45, 7) is 3.57. The normalized spacial score (nSPS) is 16.6. The van der Waals surface area contributed by atoms with Crippen molar-refractivity contribution in [2.75, 3.05) is 41.4 Å². The Bertz CT molecular complexity index is 1000. The molecule has 1 saturated heterocycles. The van der Waals surface area contributed by atoms with Gasteiger partial charge in [-0.2, -0.15) is 9.36 Å². The quantitative estimate of drug-likeness (QED) is 0.735. The minimum Gasteiger partial charge on any atom is -0.378 e. The molecule has 5 rings (SSSR count). The summed E-state index contributed by atoms with van der Waals surface area (Å²) in [5.74, 6) is 0.600. The second-order valence-corrected chi connectivity index (χ2v) is 7.29. The van der Waals surface area contributed by atoms with E-state index in [4.69, 9.17) is 4.74 Å². The Labute approximate surface area is 166 Å². The van der Waals surface area contributed by atoms with Crippen LogP contribution in [-0.4, -0.2) is 46.7 Å². The number of hydrogen-bond donors (Lipinski definition) is 1. The molecule has 2 amide bonds. The van der Waals surface area contributed by atoms with E-state index >= 15 is 0 Å². The number of carbonyl (C=O) groups excluding carboxylic acids is 1. The van der Waals surface area contributed by atoms with Crippen LogP contribution in [0.4, 0.5) is 21.3 Å². The molecule has 1 N–H and O–H groups in total. The highest BCUT2D eigenvalue weighted by Gasteiger charge is 2.29. The molecule has 0 unspecified atom stereocenters. The van der Waals surface area contributed by atoms with Crippen molar-refractivity contribution in [3.8, 4) is 11.4 Å². The van der Waals surface area contributed by atoms with Crippen molar-refractivity contribution in [1.29, 1.82) is 0 Å². The number of fused-ring (bicyclic) bond motifs is 1. The van der Waals surface area contributed by atoms with Crippen molar-refractivity contribution >= 4 is 34.1 Å². The van der Waals surface area contributed by atoms with Gasteiger partial charge in [-0.05, 0) is 24.3 Å². The fourth-order valence-corrected chi connectivity index (χ4v) is 4.16. The third-order valence-electron chi connectivity index (χ3n) is 4.89. The minimum absolute atomic E-state index is 0.191. The predicted molar refractivity (Wildman–Crippen MR) is 108 cm³/mol. The van der Waals surface area contributed by atoms with E-state index in [-0.39, 0.29) is 6.03 Å². The molecule has 0 atom stereocenters. The fourth-order valence-electron chi connectivity index (χ4n) is 3.47. The Morgan fingerprint density at radius 3 is 2.75 bits per heavy atom. The van der Waals surface area contributed by atoms with Gasteiger partial charge in [0.05, 0.1) is 19.8 Å². The average molecular weight is 394 g/mol. The number of amides is 2. The molecule has 28 heavy (non-hydrogen) atoms. The van der Waals surface area contributed by atoms with Crippen LogP contribution in [0.15, 0.2) is 42.7 Å². The van der Waals surface area contributed by atoms with Gasteiger partial charge in [-0.1, -0.05) is 6.07 Å². The average Bonchev–Trinajstić information content (AvgIpc) is 3.24. The van der Waals surface area contributed by atoms with E-state index in [9.17, 15) is 4.79 Å². The van der Waals surface area contributed by atoms with Crippen LogP contribution in [0.2, 0.25) is 0 Å². The lowest BCUT2D eigenvalue weighted by atomic mass is 10.1. The first kappa shape index (κ1) is 17.1. The van der Waals surface area contributed by atoms with E-state index < -0.39 is 0 Å². The number of benzene rings is 1. The summed E-state index contributed by atoms with van der Waals surface area (Å²) in [7, 11) is 0. The van der Waals surface area contributed by atoms with E-state index in [0.29, 0.717) is 30.7 Å². The highest BCUT2D eigenvalue weighted by molar-refractivity contribution is 7.10. The van der Waals surface area contributed by atoms with Crippen LogP contribution in [0, 0.1) is 0 Å². The van der Waals surface area contributed by atoms with Gasteiger partial charge in [0.1, 0.15) is 0 Å². The largest absolute Gasteiger partial charge is 0.378 e. The topological polar surface area (TPSA) is 83.5 Å². The molecule has 2 aliphatic heterocycles. The summed E-state index contributed by atoms with van der Waals surface area (Å²) in [6.07, 6.45) is 3.41. The van der Waals surface area contributed by atoms with Gasteiger partial charge in [0, 0.05) is 59.5 Å². The standard InChI is InChI=1S/C19H18N6O2S/c26-18-21-15-2-1-3-16(24-8-10-27-11-9-24)14(15)12-25(18)19-22-17(23-28-19)13-4-6-20-7-5-13/h1-7H,8-12H2,(H,21,26). The lowest BCUT2D eigenvalue weighted by molar-refractivity contribution is 0.122. The van der Waals surface area contributed by atoms with Crippen LogP contribution in [0.5, 0.6) is 0 Å². The van der Waals surface area contributed by atoms with Gasteiger partial charge in [-0.25, -0.2) is 4.79 Å². The van der Waals surface area contributed by atoms with Crippen LogP contribution in [0.1, 0.15) is 5.56 Å². The van der Waals surface area contributed by atoms with Gasteiger partial charge in [-0.15, -0.1) is 0 Å². The first-order valence-electron chi connectivity index (χ1n) is 9.07. The number of aromatic nitrogens is 3. The Balaban J connectivity index is 1.46. The second kappa shape index (κ2) is 7.17. The molecule has 2 aromatic heterocycles. The molecule has 1 aromatic carbocycles. The van der Waals surface area contributed by atoms with Crippen LogP contribution in [0.25, 0.3) is 11.4 Å². The summed E-state index contributed by atoms with van der Waals surface area (Å²) in [5, 5.41) is 3.57. The van der Waals surface area contributed by atoms with Crippen LogP contribution in [0.3, 0.4) is 0 Å². The van der Waals surface area contributed by atoms with Gasteiger partial charge in [-0.3, -0.25) is 9.88 Å². The Morgan fingerprint density at radius 2 is 1.93 bits per heavy atom. The number of nitrogens with one attached hydrogen (secondary N) is 1. The van der Waals surface area contributed by atoms with Gasteiger partial charge in [0.2, 0.25) is 5.13 Å². The lowest BCUT2D eigenvalue weighted by Gasteiger charge is -2.34. The number of anilines is 3. The molecule has 9 heteroatoms. The van der Waals surface area contributed by atoms with Gasteiger partial charge < -0.3 is 15.0 Å². The summed E-state index contributed by atoms with van der Waals surface area (Å²) in [6, 6.07) is 9.54. The van der Waals surface area contributed by atoms with Crippen LogP contribution < -0.4 is 15.1 Å². The first-order chi connectivity index (χ1) is 13.8. The summed E-state index contributed by atoms with van der Waals surface area (Å²) < 4.78 is 9.89.